The zero-order chi connectivity index (χ0) is 12.3. The van der Waals surface area contributed by atoms with Gasteiger partial charge in [-0.3, -0.25) is 9.59 Å². The summed E-state index contributed by atoms with van der Waals surface area (Å²) in [5.41, 5.74) is 1.06. The van der Waals surface area contributed by atoms with E-state index in [0.29, 0.717) is 13.2 Å². The maximum absolute atomic E-state index is 11.7. The van der Waals surface area contributed by atoms with Crippen molar-refractivity contribution in [2.45, 2.75) is 6.54 Å². The van der Waals surface area contributed by atoms with E-state index in [4.69, 9.17) is 0 Å². The lowest BCUT2D eigenvalue weighted by Gasteiger charge is -2.17. The van der Waals surface area contributed by atoms with Gasteiger partial charge in [0.05, 0.1) is 6.67 Å². The molecule has 17 heavy (non-hydrogen) atoms. The van der Waals surface area contributed by atoms with E-state index in [1.165, 1.54) is 11.0 Å². The molecule has 88 valence electrons. The van der Waals surface area contributed by atoms with Gasteiger partial charge in [-0.1, -0.05) is 36.9 Å². The van der Waals surface area contributed by atoms with E-state index in [1.807, 2.05) is 30.3 Å². The molecule has 2 amide bonds. The Morgan fingerprint density at radius 2 is 2.06 bits per heavy atom. The first-order valence-electron chi connectivity index (χ1n) is 5.44. The molecule has 1 aromatic carbocycles. The van der Waals surface area contributed by atoms with Crippen LogP contribution in [0.25, 0.3) is 0 Å². The molecule has 0 unspecified atom stereocenters. The van der Waals surface area contributed by atoms with Crippen LogP contribution in [-0.2, 0) is 16.1 Å². The lowest BCUT2D eigenvalue weighted by molar-refractivity contribution is -0.128. The Hall–Kier alpha value is -2.10. The van der Waals surface area contributed by atoms with Crippen LogP contribution in [0.5, 0.6) is 0 Å². The molecule has 2 rings (SSSR count). The molecule has 0 aliphatic carbocycles. The van der Waals surface area contributed by atoms with Crippen LogP contribution in [0.15, 0.2) is 43.0 Å². The molecule has 0 atom stereocenters. The van der Waals surface area contributed by atoms with Crippen molar-refractivity contribution < 1.29 is 9.59 Å². The fourth-order valence-corrected chi connectivity index (χ4v) is 1.82. The molecule has 0 bridgehead atoms. The SMILES string of the molecule is C=CC(=O)N1CC(=O)N(Cc2ccccc2)C1. The molecular weight excluding hydrogens is 216 g/mol. The summed E-state index contributed by atoms with van der Waals surface area (Å²) < 4.78 is 0. The average molecular weight is 230 g/mol. The number of benzene rings is 1. The van der Waals surface area contributed by atoms with Crippen LogP contribution in [0.1, 0.15) is 5.56 Å². The van der Waals surface area contributed by atoms with Gasteiger partial charge in [-0.15, -0.1) is 0 Å². The van der Waals surface area contributed by atoms with Crippen molar-refractivity contribution in [3.05, 3.63) is 48.6 Å². The Morgan fingerprint density at radius 3 is 2.71 bits per heavy atom. The number of hydrogen-bond acceptors (Lipinski definition) is 2. The first kappa shape index (κ1) is 11.4. The maximum atomic E-state index is 11.7. The Labute approximate surface area is 100 Å². The van der Waals surface area contributed by atoms with Crippen molar-refractivity contribution in [1.82, 2.24) is 9.80 Å². The second-order valence-electron chi connectivity index (χ2n) is 3.96. The number of carbonyl (C=O) groups excluding carboxylic acids is 2. The zero-order valence-corrected chi connectivity index (χ0v) is 9.50. The minimum atomic E-state index is -0.200. The van der Waals surface area contributed by atoms with E-state index < -0.39 is 0 Å². The molecule has 1 heterocycles. The van der Waals surface area contributed by atoms with Gasteiger partial charge in [0.15, 0.2) is 0 Å². The number of rotatable bonds is 3. The van der Waals surface area contributed by atoms with Crippen LogP contribution < -0.4 is 0 Å². The van der Waals surface area contributed by atoms with Gasteiger partial charge in [-0.05, 0) is 11.6 Å². The minimum absolute atomic E-state index is 0.0240. The monoisotopic (exact) mass is 230 g/mol. The summed E-state index contributed by atoms with van der Waals surface area (Å²) in [5.74, 6) is -0.224. The van der Waals surface area contributed by atoms with Crippen LogP contribution in [0, 0.1) is 0 Å². The first-order chi connectivity index (χ1) is 8.20. The maximum Gasteiger partial charge on any atom is 0.247 e. The van der Waals surface area contributed by atoms with Gasteiger partial charge >= 0.3 is 0 Å². The highest BCUT2D eigenvalue weighted by atomic mass is 16.2. The third kappa shape index (κ3) is 2.53. The van der Waals surface area contributed by atoms with E-state index in [2.05, 4.69) is 6.58 Å². The van der Waals surface area contributed by atoms with Gasteiger partial charge in [-0.25, -0.2) is 0 Å². The molecule has 0 N–H and O–H groups in total. The fourth-order valence-electron chi connectivity index (χ4n) is 1.82. The predicted molar refractivity (Wildman–Crippen MR) is 63.8 cm³/mol. The molecule has 4 heteroatoms. The van der Waals surface area contributed by atoms with Crippen LogP contribution in [0.4, 0.5) is 0 Å². The van der Waals surface area contributed by atoms with Gasteiger partial charge in [0.1, 0.15) is 6.54 Å². The van der Waals surface area contributed by atoms with Gasteiger partial charge in [-0.2, -0.15) is 0 Å². The van der Waals surface area contributed by atoms with E-state index in [-0.39, 0.29) is 18.4 Å². The van der Waals surface area contributed by atoms with Gasteiger partial charge in [0.25, 0.3) is 0 Å². The summed E-state index contributed by atoms with van der Waals surface area (Å²) >= 11 is 0. The standard InChI is InChI=1S/C13H14N2O2/c1-2-12(16)15-9-13(17)14(10-15)8-11-6-4-3-5-7-11/h2-7H,1,8-10H2. The molecule has 1 saturated heterocycles. The summed E-state index contributed by atoms with van der Waals surface area (Å²) in [6.07, 6.45) is 1.24. The van der Waals surface area contributed by atoms with Crippen LogP contribution in [-0.4, -0.2) is 34.8 Å². The minimum Gasteiger partial charge on any atom is -0.319 e. The summed E-state index contributed by atoms with van der Waals surface area (Å²) in [6, 6.07) is 9.73. The third-order valence-electron chi connectivity index (χ3n) is 2.72. The second kappa shape index (κ2) is 4.82. The highest BCUT2D eigenvalue weighted by Gasteiger charge is 2.29. The molecule has 0 radical (unpaired) electrons. The number of nitrogens with zero attached hydrogens (tertiary/aromatic N) is 2. The van der Waals surface area contributed by atoms with Crippen molar-refractivity contribution in [1.29, 1.82) is 0 Å². The largest absolute Gasteiger partial charge is 0.319 e. The fraction of sp³-hybridized carbons (Fsp3) is 0.231. The Morgan fingerprint density at radius 1 is 1.35 bits per heavy atom. The van der Waals surface area contributed by atoms with Crippen molar-refractivity contribution >= 4 is 11.8 Å². The van der Waals surface area contributed by atoms with Gasteiger partial charge in [0, 0.05) is 6.54 Å². The molecular formula is C13H14N2O2. The Kier molecular flexibility index (Phi) is 3.23. The normalized spacial score (nSPS) is 15.2. The zero-order valence-electron chi connectivity index (χ0n) is 9.50. The Balaban J connectivity index is 2.02. The first-order valence-corrected chi connectivity index (χ1v) is 5.44. The van der Waals surface area contributed by atoms with E-state index >= 15 is 0 Å². The number of carbonyl (C=O) groups is 2. The summed E-state index contributed by atoms with van der Waals surface area (Å²) in [5, 5.41) is 0. The number of amides is 2. The molecule has 4 nitrogen and oxygen atoms in total. The van der Waals surface area contributed by atoms with E-state index in [1.54, 1.807) is 4.90 Å². The molecule has 0 aromatic heterocycles. The van der Waals surface area contributed by atoms with Crippen LogP contribution >= 0.6 is 0 Å². The third-order valence-corrected chi connectivity index (χ3v) is 2.72. The lowest BCUT2D eigenvalue weighted by atomic mass is 10.2. The second-order valence-corrected chi connectivity index (χ2v) is 3.96. The smallest absolute Gasteiger partial charge is 0.247 e. The van der Waals surface area contributed by atoms with Crippen LogP contribution in [0.3, 0.4) is 0 Å². The van der Waals surface area contributed by atoms with Crippen molar-refractivity contribution in [3.63, 3.8) is 0 Å². The molecule has 1 fully saturated rings. The van der Waals surface area contributed by atoms with Crippen LogP contribution in [0.2, 0.25) is 0 Å². The van der Waals surface area contributed by atoms with E-state index in [9.17, 15) is 9.59 Å². The van der Waals surface area contributed by atoms with Crippen molar-refractivity contribution in [2.24, 2.45) is 0 Å². The molecule has 1 aliphatic heterocycles. The quantitative estimate of drug-likeness (QED) is 0.727. The van der Waals surface area contributed by atoms with Gasteiger partial charge in [0.2, 0.25) is 11.8 Å². The lowest BCUT2D eigenvalue weighted by Crippen LogP contribution is -2.29. The topological polar surface area (TPSA) is 40.6 Å². The molecule has 1 aliphatic rings. The summed E-state index contributed by atoms with van der Waals surface area (Å²) in [7, 11) is 0. The highest BCUT2D eigenvalue weighted by Crippen LogP contribution is 2.12. The van der Waals surface area contributed by atoms with Crippen molar-refractivity contribution in [3.8, 4) is 0 Å². The highest BCUT2D eigenvalue weighted by molar-refractivity contribution is 5.93. The molecule has 0 spiro atoms. The van der Waals surface area contributed by atoms with E-state index in [0.717, 1.165) is 5.56 Å². The number of hydrogen-bond donors (Lipinski definition) is 0. The molecule has 1 aromatic rings. The summed E-state index contributed by atoms with van der Waals surface area (Å²) in [6.45, 7) is 4.46. The Bertz CT molecular complexity index is 442. The van der Waals surface area contributed by atoms with Crippen molar-refractivity contribution in [2.75, 3.05) is 13.2 Å². The molecule has 0 saturated carbocycles. The summed E-state index contributed by atoms with van der Waals surface area (Å²) in [4.78, 5) is 26.2. The van der Waals surface area contributed by atoms with Gasteiger partial charge < -0.3 is 9.80 Å². The predicted octanol–water partition coefficient (Wildman–Crippen LogP) is 1.00. The average Bonchev–Trinajstić information content (AvgIpc) is 2.71.